The van der Waals surface area contributed by atoms with E-state index in [1.165, 1.54) is 5.56 Å². The van der Waals surface area contributed by atoms with Crippen LogP contribution >= 0.6 is 0 Å². The highest BCUT2D eigenvalue weighted by molar-refractivity contribution is 5.94. The predicted molar refractivity (Wildman–Crippen MR) is 52.9 cm³/mol. The van der Waals surface area contributed by atoms with E-state index >= 15 is 0 Å². The average Bonchev–Trinajstić information content (AvgIpc) is 2.18. The highest BCUT2D eigenvalue weighted by Crippen LogP contribution is 2.04. The van der Waals surface area contributed by atoms with Crippen LogP contribution in [0, 0.1) is 0 Å². The number of carbonyl (C=O) groups excluding carboxylic acids is 1. The van der Waals surface area contributed by atoms with Crippen molar-refractivity contribution in [2.45, 2.75) is 33.1 Å². The summed E-state index contributed by atoms with van der Waals surface area (Å²) in [4.78, 5) is 15.5. The van der Waals surface area contributed by atoms with Gasteiger partial charge in [-0.05, 0) is 24.5 Å². The standard InChI is InChI=1S/C11H15NO/c1-3-5-11(13)10-7-6-9(4-2)8-12-10/h6-8H,3-5H2,1-2H3. The number of Topliss-reactive ketones (excluding diaryl/α,β-unsaturated/α-hetero) is 1. The first-order valence-electron chi connectivity index (χ1n) is 4.76. The molecule has 0 N–H and O–H groups in total. The minimum atomic E-state index is 0.144. The smallest absolute Gasteiger partial charge is 0.181 e. The lowest BCUT2D eigenvalue weighted by atomic mass is 10.1. The molecule has 0 unspecified atom stereocenters. The van der Waals surface area contributed by atoms with Gasteiger partial charge in [-0.1, -0.05) is 19.9 Å². The van der Waals surface area contributed by atoms with E-state index in [-0.39, 0.29) is 5.78 Å². The summed E-state index contributed by atoms with van der Waals surface area (Å²) < 4.78 is 0. The minimum Gasteiger partial charge on any atom is -0.292 e. The zero-order valence-electron chi connectivity index (χ0n) is 8.21. The molecule has 0 aliphatic heterocycles. The molecule has 0 fully saturated rings. The van der Waals surface area contributed by atoms with Gasteiger partial charge in [-0.2, -0.15) is 0 Å². The van der Waals surface area contributed by atoms with Crippen molar-refractivity contribution in [2.75, 3.05) is 0 Å². The number of pyridine rings is 1. The maximum absolute atomic E-state index is 11.4. The topological polar surface area (TPSA) is 30.0 Å². The SMILES string of the molecule is CCCC(=O)c1ccc(CC)cn1. The molecule has 0 saturated carbocycles. The second-order valence-electron chi connectivity index (χ2n) is 3.08. The molecule has 1 aromatic rings. The van der Waals surface area contributed by atoms with Gasteiger partial charge in [0.2, 0.25) is 0 Å². The van der Waals surface area contributed by atoms with Crippen LogP contribution in [-0.4, -0.2) is 10.8 Å². The summed E-state index contributed by atoms with van der Waals surface area (Å²) in [5.41, 5.74) is 1.77. The first-order valence-corrected chi connectivity index (χ1v) is 4.76. The van der Waals surface area contributed by atoms with Gasteiger partial charge in [0.1, 0.15) is 5.69 Å². The molecule has 0 aromatic carbocycles. The van der Waals surface area contributed by atoms with Crippen LogP contribution in [0.4, 0.5) is 0 Å². The van der Waals surface area contributed by atoms with Crippen LogP contribution in [-0.2, 0) is 6.42 Å². The van der Waals surface area contributed by atoms with Crippen molar-refractivity contribution in [3.05, 3.63) is 29.6 Å². The van der Waals surface area contributed by atoms with Crippen molar-refractivity contribution in [2.24, 2.45) is 0 Å². The third-order valence-electron chi connectivity index (χ3n) is 2.00. The predicted octanol–water partition coefficient (Wildman–Crippen LogP) is 2.63. The molecule has 0 bridgehead atoms. The Morgan fingerprint density at radius 1 is 1.38 bits per heavy atom. The summed E-state index contributed by atoms with van der Waals surface area (Å²) >= 11 is 0. The van der Waals surface area contributed by atoms with E-state index in [4.69, 9.17) is 0 Å². The largest absolute Gasteiger partial charge is 0.292 e. The van der Waals surface area contributed by atoms with Crippen molar-refractivity contribution in [3.63, 3.8) is 0 Å². The normalized spacial score (nSPS) is 10.0. The van der Waals surface area contributed by atoms with Crippen molar-refractivity contribution >= 4 is 5.78 Å². The van der Waals surface area contributed by atoms with Crippen LogP contribution < -0.4 is 0 Å². The van der Waals surface area contributed by atoms with E-state index in [1.54, 1.807) is 6.20 Å². The number of rotatable bonds is 4. The lowest BCUT2D eigenvalue weighted by molar-refractivity contribution is 0.0977. The van der Waals surface area contributed by atoms with Gasteiger partial charge >= 0.3 is 0 Å². The van der Waals surface area contributed by atoms with Crippen molar-refractivity contribution in [1.29, 1.82) is 0 Å². The Labute approximate surface area is 79.0 Å². The summed E-state index contributed by atoms with van der Waals surface area (Å²) in [6, 6.07) is 3.78. The summed E-state index contributed by atoms with van der Waals surface area (Å²) in [5, 5.41) is 0. The van der Waals surface area contributed by atoms with Crippen molar-refractivity contribution in [1.82, 2.24) is 4.98 Å². The molecular formula is C11H15NO. The lowest BCUT2D eigenvalue weighted by Gasteiger charge is -1.99. The van der Waals surface area contributed by atoms with Gasteiger partial charge in [0.15, 0.2) is 5.78 Å². The van der Waals surface area contributed by atoms with Crippen LogP contribution in [0.3, 0.4) is 0 Å². The van der Waals surface area contributed by atoms with E-state index in [1.807, 2.05) is 19.1 Å². The molecule has 1 heterocycles. The quantitative estimate of drug-likeness (QED) is 0.662. The van der Waals surface area contributed by atoms with Crippen molar-refractivity contribution in [3.8, 4) is 0 Å². The number of hydrogen-bond donors (Lipinski definition) is 0. The van der Waals surface area contributed by atoms with E-state index in [9.17, 15) is 4.79 Å². The van der Waals surface area contributed by atoms with Crippen LogP contribution in [0.1, 0.15) is 42.7 Å². The van der Waals surface area contributed by atoms with Crippen molar-refractivity contribution < 1.29 is 4.79 Å². The highest BCUT2D eigenvalue weighted by atomic mass is 16.1. The van der Waals surface area contributed by atoms with Crippen LogP contribution in [0.2, 0.25) is 0 Å². The van der Waals surface area contributed by atoms with Gasteiger partial charge in [-0.3, -0.25) is 9.78 Å². The van der Waals surface area contributed by atoms with Crippen LogP contribution in [0.25, 0.3) is 0 Å². The summed E-state index contributed by atoms with van der Waals surface area (Å²) in [6.07, 6.45) is 4.23. The Morgan fingerprint density at radius 2 is 2.15 bits per heavy atom. The highest BCUT2D eigenvalue weighted by Gasteiger charge is 2.04. The van der Waals surface area contributed by atoms with Gasteiger partial charge < -0.3 is 0 Å². The molecule has 70 valence electrons. The number of nitrogens with zero attached hydrogens (tertiary/aromatic N) is 1. The Hall–Kier alpha value is -1.18. The number of aromatic nitrogens is 1. The van der Waals surface area contributed by atoms with Gasteiger partial charge in [0.25, 0.3) is 0 Å². The number of aryl methyl sites for hydroxylation is 1. The molecule has 2 heteroatoms. The molecule has 2 nitrogen and oxygen atoms in total. The summed E-state index contributed by atoms with van der Waals surface area (Å²) in [6.45, 7) is 4.07. The number of carbonyl (C=O) groups is 1. The maximum atomic E-state index is 11.4. The molecule has 1 aromatic heterocycles. The third-order valence-corrected chi connectivity index (χ3v) is 2.00. The Bertz CT molecular complexity index is 277. The minimum absolute atomic E-state index is 0.144. The van der Waals surface area contributed by atoms with Crippen LogP contribution in [0.5, 0.6) is 0 Å². The Morgan fingerprint density at radius 3 is 2.62 bits per heavy atom. The monoisotopic (exact) mass is 177 g/mol. The molecule has 0 radical (unpaired) electrons. The van der Waals surface area contributed by atoms with Gasteiger partial charge in [0, 0.05) is 12.6 Å². The van der Waals surface area contributed by atoms with Crippen LogP contribution in [0.15, 0.2) is 18.3 Å². The molecule has 0 amide bonds. The van der Waals surface area contributed by atoms with E-state index in [0.717, 1.165) is 12.8 Å². The fraction of sp³-hybridized carbons (Fsp3) is 0.455. The summed E-state index contributed by atoms with van der Waals surface area (Å²) in [7, 11) is 0. The molecule has 1 rings (SSSR count). The van der Waals surface area contributed by atoms with Gasteiger partial charge in [-0.15, -0.1) is 0 Å². The first-order chi connectivity index (χ1) is 6.27. The van der Waals surface area contributed by atoms with E-state index in [2.05, 4.69) is 11.9 Å². The zero-order chi connectivity index (χ0) is 9.68. The second-order valence-corrected chi connectivity index (χ2v) is 3.08. The average molecular weight is 177 g/mol. The maximum Gasteiger partial charge on any atom is 0.181 e. The lowest BCUT2D eigenvalue weighted by Crippen LogP contribution is -2.01. The van der Waals surface area contributed by atoms with Gasteiger partial charge in [0.05, 0.1) is 0 Å². The molecule has 0 aliphatic carbocycles. The van der Waals surface area contributed by atoms with Gasteiger partial charge in [-0.25, -0.2) is 0 Å². The fourth-order valence-electron chi connectivity index (χ4n) is 1.15. The molecule has 0 spiro atoms. The summed E-state index contributed by atoms with van der Waals surface area (Å²) in [5.74, 6) is 0.144. The molecule has 0 aliphatic rings. The molecular weight excluding hydrogens is 162 g/mol. The zero-order valence-corrected chi connectivity index (χ0v) is 8.21. The fourth-order valence-corrected chi connectivity index (χ4v) is 1.15. The Balaban J connectivity index is 2.74. The van der Waals surface area contributed by atoms with E-state index < -0.39 is 0 Å². The third kappa shape index (κ3) is 2.65. The van der Waals surface area contributed by atoms with E-state index in [0.29, 0.717) is 12.1 Å². The molecule has 13 heavy (non-hydrogen) atoms. The molecule has 0 saturated heterocycles. The number of ketones is 1. The molecule has 0 atom stereocenters. The Kier molecular flexibility index (Phi) is 3.62. The first kappa shape index (κ1) is 9.90. The number of hydrogen-bond acceptors (Lipinski definition) is 2. The second kappa shape index (κ2) is 4.75.